The van der Waals surface area contributed by atoms with Crippen molar-refractivity contribution in [1.29, 1.82) is 0 Å². The van der Waals surface area contributed by atoms with Gasteiger partial charge in [-0.2, -0.15) is 0 Å². The van der Waals surface area contributed by atoms with E-state index < -0.39 is 0 Å². The second kappa shape index (κ2) is 11.8. The Bertz CT molecular complexity index is 2420. The van der Waals surface area contributed by atoms with E-state index in [0.717, 1.165) is 87.2 Å². The zero-order chi connectivity index (χ0) is 36.0. The summed E-state index contributed by atoms with van der Waals surface area (Å²) in [6.07, 6.45) is 3.12. The van der Waals surface area contributed by atoms with Crippen LogP contribution >= 0.6 is 0 Å². The van der Waals surface area contributed by atoms with Gasteiger partial charge in [0.1, 0.15) is 0 Å². The van der Waals surface area contributed by atoms with Crippen molar-refractivity contribution in [3.63, 3.8) is 0 Å². The van der Waals surface area contributed by atoms with Crippen molar-refractivity contribution >= 4 is 44.8 Å². The number of likely N-dealkylation sites (tertiary alicyclic amines) is 1. The highest BCUT2D eigenvalue weighted by atomic mass is 16.2. The number of aryl methyl sites for hydroxylation is 6. The van der Waals surface area contributed by atoms with Crippen LogP contribution in [0.3, 0.4) is 0 Å². The molecule has 1 saturated heterocycles. The summed E-state index contributed by atoms with van der Waals surface area (Å²) in [6, 6.07) is 15.2. The standard InChI is InChI=1S/C43H51N5O2.111H2/c1-12-47-29(7)37(36-25(3)14-13-15-33(36)47)39-38(40(49)45-41(39)50)32-23-48(34-21-27(5)26(4)20-31(32)34)35-18-19-46(43(10,11)42(35,8)9)22-30-17-16-24(2)28(6)44-30;;;;;;;;;;;;;;;;;;;;;;;;;;;;;;;;;;;;;;;;;;;;;;;;;;;;;;;;;;;;;;;;;;;;;;;;;;;;;;;;;;;;;;;;;;;;;;;;;;;;;;;;;;;;;;;/h13-17,20-21,23,35H,12,18-19,22H2,1-11H3,(H,45,49,50);111*1H. The minimum absolute atomic E-state index is 0. The zero-order valence-electron chi connectivity index (χ0n) is 31.6. The second-order valence-electron chi connectivity index (χ2n) is 15.8. The lowest BCUT2D eigenvalue weighted by Crippen LogP contribution is -2.60. The van der Waals surface area contributed by atoms with Gasteiger partial charge in [-0.25, -0.2) is 0 Å². The summed E-state index contributed by atoms with van der Waals surface area (Å²) in [6.45, 7) is 26.7. The van der Waals surface area contributed by atoms with Crippen molar-refractivity contribution in [2.24, 2.45) is 5.41 Å². The molecular weight excluding hydrogens is 619 g/mol. The summed E-state index contributed by atoms with van der Waals surface area (Å²) in [5.41, 5.74) is 12.3. The Morgan fingerprint density at radius 2 is 1.56 bits per heavy atom. The van der Waals surface area contributed by atoms with Gasteiger partial charge in [0.2, 0.25) is 0 Å². The highest BCUT2D eigenvalue weighted by molar-refractivity contribution is 6.51. The number of nitrogens with zero attached hydrogens (tertiary/aromatic N) is 4. The van der Waals surface area contributed by atoms with Crippen molar-refractivity contribution in [1.82, 2.24) is 24.3 Å². The quantitative estimate of drug-likeness (QED) is 0.172. The van der Waals surface area contributed by atoms with Crippen molar-refractivity contribution in [3.05, 3.63) is 99.1 Å². The Hall–Kier alpha value is -4.49. The maximum absolute atomic E-state index is 14.0. The van der Waals surface area contributed by atoms with E-state index >= 15 is 0 Å². The molecule has 7 rings (SSSR count). The van der Waals surface area contributed by atoms with E-state index in [2.05, 4.69) is 144 Å². The van der Waals surface area contributed by atoms with Gasteiger partial charge in [-0.3, -0.25) is 24.8 Å². The Labute approximate surface area is 461 Å². The number of carbonyl (C=O) groups is 2. The number of nitrogens with one attached hydrogen (secondary N) is 1. The molecular formula is C43H273N5O2. The molecule has 2 aliphatic rings. The van der Waals surface area contributed by atoms with Crippen LogP contribution in [-0.4, -0.2) is 42.9 Å². The summed E-state index contributed by atoms with van der Waals surface area (Å²) in [5, 5.41) is 4.76. The monoisotopic (exact) mass is 893 g/mol. The van der Waals surface area contributed by atoms with Crippen molar-refractivity contribution < 1.29 is 168 Å². The fraction of sp³-hybridized carbons (Fsp3) is 0.419. The second-order valence-corrected chi connectivity index (χ2v) is 15.8. The average molecular weight is 894 g/mol. The molecule has 1 fully saturated rings. The van der Waals surface area contributed by atoms with Gasteiger partial charge in [0.15, 0.2) is 0 Å². The summed E-state index contributed by atoms with van der Waals surface area (Å²) in [4.78, 5) is 35.5. The van der Waals surface area contributed by atoms with Crippen LogP contribution in [0.15, 0.2) is 48.7 Å². The number of piperidine rings is 1. The van der Waals surface area contributed by atoms with Gasteiger partial charge >= 0.3 is 0 Å². The van der Waals surface area contributed by atoms with Crippen LogP contribution in [0.1, 0.15) is 256 Å². The molecule has 0 bridgehead atoms. The number of fused-ring (bicyclic) bond motifs is 2. The molecule has 5 aromatic rings. The van der Waals surface area contributed by atoms with Crippen LogP contribution in [0.5, 0.6) is 0 Å². The van der Waals surface area contributed by atoms with E-state index in [1.807, 2.05) is 0 Å². The van der Waals surface area contributed by atoms with Crippen molar-refractivity contribution in [2.75, 3.05) is 6.54 Å². The minimum atomic E-state index is -0.331. The van der Waals surface area contributed by atoms with E-state index in [0.29, 0.717) is 11.1 Å². The Balaban J connectivity index is -0.00000000274. The first-order valence-corrected chi connectivity index (χ1v) is 18.1. The van der Waals surface area contributed by atoms with Gasteiger partial charge in [-0.15, -0.1) is 0 Å². The lowest BCUT2D eigenvalue weighted by Gasteiger charge is -2.57. The molecule has 482 valence electrons. The number of carbonyl (C=O) groups excluding carboxylic acids is 2. The van der Waals surface area contributed by atoms with Crippen LogP contribution in [-0.2, 0) is 22.7 Å². The largest absolute Gasteiger partial charge is 0.345 e. The predicted octanol–water partition coefficient (Wildman–Crippen LogP) is 36.0. The first-order valence-electron chi connectivity index (χ1n) is 18.1. The summed E-state index contributed by atoms with van der Waals surface area (Å²) in [5.74, 6) is -0.658. The normalized spacial score (nSPS) is 19.3. The Kier molecular flexibility index (Phi) is 8.02. The molecule has 5 heterocycles. The highest BCUT2D eigenvalue weighted by Gasteiger charge is 2.51. The molecule has 0 aliphatic carbocycles. The minimum Gasteiger partial charge on any atom is -0.345 e. The highest BCUT2D eigenvalue weighted by Crippen LogP contribution is 2.52. The number of hydrogen-bond acceptors (Lipinski definition) is 4. The summed E-state index contributed by atoms with van der Waals surface area (Å²) >= 11 is 0. The number of pyridine rings is 1. The molecule has 0 radical (unpaired) electrons. The third-order valence-corrected chi connectivity index (χ3v) is 12.7. The Morgan fingerprint density at radius 3 is 2.26 bits per heavy atom. The number of benzene rings is 2. The van der Waals surface area contributed by atoms with Gasteiger partial charge in [-0.1, -0.05) is 32.0 Å². The average Bonchev–Trinajstić information content (AvgIpc) is 3.64. The van der Waals surface area contributed by atoms with Gasteiger partial charge in [-0.05, 0) is 115 Å². The van der Waals surface area contributed by atoms with Gasteiger partial charge < -0.3 is 9.13 Å². The predicted molar refractivity (Wildman–Crippen MR) is 439 cm³/mol. The topological polar surface area (TPSA) is 72.2 Å². The number of amides is 2. The van der Waals surface area contributed by atoms with E-state index in [1.54, 1.807) is 0 Å². The van der Waals surface area contributed by atoms with Crippen molar-refractivity contribution in [3.8, 4) is 0 Å². The lowest BCUT2D eigenvalue weighted by atomic mass is 9.64. The van der Waals surface area contributed by atoms with E-state index in [-0.39, 0.29) is 187 Å². The van der Waals surface area contributed by atoms with Crippen LogP contribution in [0.2, 0.25) is 0 Å². The number of imide groups is 1. The molecule has 7 heteroatoms. The zero-order valence-corrected chi connectivity index (χ0v) is 31.6. The van der Waals surface area contributed by atoms with Crippen LogP contribution in [0.25, 0.3) is 33.0 Å². The van der Waals surface area contributed by atoms with Crippen LogP contribution in [0, 0.1) is 47.0 Å². The van der Waals surface area contributed by atoms with Crippen LogP contribution < -0.4 is 5.32 Å². The molecule has 2 amide bonds. The molecule has 0 saturated carbocycles. The molecule has 50 heavy (non-hydrogen) atoms. The van der Waals surface area contributed by atoms with E-state index in [4.69, 9.17) is 4.98 Å². The third-order valence-electron chi connectivity index (χ3n) is 12.7. The van der Waals surface area contributed by atoms with E-state index in [1.165, 1.54) is 11.1 Å². The molecule has 1 atom stereocenters. The Morgan fingerprint density at radius 1 is 0.860 bits per heavy atom. The smallest absolute Gasteiger partial charge is 0.259 e. The van der Waals surface area contributed by atoms with E-state index in [9.17, 15) is 9.59 Å². The third kappa shape index (κ3) is 4.91. The van der Waals surface area contributed by atoms with Gasteiger partial charge in [0.05, 0.1) is 16.8 Å². The number of aromatic nitrogens is 3. The van der Waals surface area contributed by atoms with Gasteiger partial charge in [0, 0.05) is 246 Å². The molecule has 3 aromatic heterocycles. The SMILES string of the molecule is CCn1c(C)c(C2=C(c3cn(C4CCN(Cc5ccc(C)c(C)n5)C(C)(C)C4(C)C)c4cc(C)c(C)cc34)C(=O)NC2=O)c2c(C)cccc21.[HH].[HH].[HH].[HH].[HH].[HH].[HH].[HH].[HH].[HH].[HH].[HH].[HH].[HH].[HH].[HH].[HH].[HH].[HH].[HH].[HH].[HH].[HH].[HH].[HH].[HH].[HH].[HH].[HH].[HH].[HH].[HH].[HH].[HH].[HH].[HH].[HH].[HH].[HH].[HH].[HH].[HH].[HH].[HH].[HH].[HH].[HH].[HH].[HH].[HH].[HH].[HH].[HH].[HH].[HH].[HH].[HH].[HH].[HH].[HH].[HH].[HH].[HH].[HH].[HH].[HH].[HH].[HH].[HH].[HH].[HH].[HH].[HH].[HH].[HH].[HH].[HH].[HH].[HH].[HH].[HH].[HH].[HH].[HH].[HH].[HH].[HH].[HH].[HH].[HH].[HH].[HH].[HH].[HH].[HH].[HH].[HH].[HH].[HH].[HH].[HH].[HH].[HH].[HH].[HH].[HH].[HH].[HH].[HH].[HH].[HH]. The maximum Gasteiger partial charge on any atom is 0.259 e. The molecule has 2 aromatic carbocycles. The van der Waals surface area contributed by atoms with Crippen LogP contribution in [0.4, 0.5) is 0 Å². The fourth-order valence-corrected chi connectivity index (χ4v) is 8.79. The summed E-state index contributed by atoms with van der Waals surface area (Å²) < 4.78 is 4.68. The maximum atomic E-state index is 14.0. The molecule has 0 spiro atoms. The summed E-state index contributed by atoms with van der Waals surface area (Å²) in [7, 11) is 0. The lowest BCUT2D eigenvalue weighted by molar-refractivity contribution is -0.122. The molecule has 1 N–H and O–H groups in total. The molecule has 7 nitrogen and oxygen atoms in total. The fourth-order valence-electron chi connectivity index (χ4n) is 8.79. The number of rotatable bonds is 6. The molecule has 1 unspecified atom stereocenters. The first-order chi connectivity index (χ1) is 23.6. The van der Waals surface area contributed by atoms with Crippen molar-refractivity contribution in [2.45, 2.75) is 107 Å². The molecule has 2 aliphatic heterocycles. The first kappa shape index (κ1) is 34.0. The van der Waals surface area contributed by atoms with Gasteiger partial charge in [0.25, 0.3) is 11.8 Å². The number of hydrogen-bond donors (Lipinski definition) is 1.